The molecule has 1 aliphatic carbocycles. The number of amides is 1. The first-order chi connectivity index (χ1) is 10.3. The summed E-state index contributed by atoms with van der Waals surface area (Å²) in [6.07, 6.45) is 8.14. The van der Waals surface area contributed by atoms with Crippen LogP contribution in [0.2, 0.25) is 0 Å². The molecule has 1 saturated carbocycles. The number of aromatic nitrogens is 3. The summed E-state index contributed by atoms with van der Waals surface area (Å²) in [5.41, 5.74) is 1.70. The lowest BCUT2D eigenvalue weighted by Crippen LogP contribution is -2.34. The van der Waals surface area contributed by atoms with E-state index in [4.69, 9.17) is 0 Å². The van der Waals surface area contributed by atoms with Crippen molar-refractivity contribution >= 4 is 11.6 Å². The van der Waals surface area contributed by atoms with Crippen molar-refractivity contribution < 1.29 is 4.79 Å². The van der Waals surface area contributed by atoms with Crippen molar-refractivity contribution in [1.29, 1.82) is 0 Å². The lowest BCUT2D eigenvalue weighted by Gasteiger charge is -2.12. The number of nitrogens with one attached hydrogen (secondary N) is 2. The normalized spacial score (nSPS) is 15.2. The van der Waals surface area contributed by atoms with E-state index in [2.05, 4.69) is 20.8 Å². The van der Waals surface area contributed by atoms with Crippen molar-refractivity contribution in [1.82, 2.24) is 20.1 Å². The fraction of sp³-hybridized carbons (Fsp3) is 0.400. The first kappa shape index (κ1) is 13.8. The van der Waals surface area contributed by atoms with Gasteiger partial charge in [-0.3, -0.25) is 9.36 Å². The van der Waals surface area contributed by atoms with E-state index in [1.54, 1.807) is 17.2 Å². The second kappa shape index (κ2) is 6.49. The van der Waals surface area contributed by atoms with E-state index >= 15 is 0 Å². The zero-order valence-electron chi connectivity index (χ0n) is 11.8. The van der Waals surface area contributed by atoms with Crippen LogP contribution in [-0.4, -0.2) is 33.3 Å². The van der Waals surface area contributed by atoms with E-state index in [9.17, 15) is 4.79 Å². The predicted octanol–water partition coefficient (Wildman–Crippen LogP) is 1.74. The van der Waals surface area contributed by atoms with Crippen LogP contribution >= 0.6 is 0 Å². The third-order valence-corrected chi connectivity index (χ3v) is 3.75. The molecular formula is C15H19N5O. The average molecular weight is 285 g/mol. The molecule has 0 aliphatic heterocycles. The summed E-state index contributed by atoms with van der Waals surface area (Å²) in [7, 11) is 0. The molecule has 2 N–H and O–H groups in total. The van der Waals surface area contributed by atoms with Gasteiger partial charge >= 0.3 is 0 Å². The first-order valence-corrected chi connectivity index (χ1v) is 7.29. The van der Waals surface area contributed by atoms with Crippen LogP contribution in [0.15, 0.2) is 36.9 Å². The standard InChI is InChI=1S/C15H19N5O/c21-15(9-16-12-4-1-2-5-12)19-13-6-3-7-14(8-13)20-10-17-18-11-20/h3,6-8,10-12,16H,1-2,4-5,9H2,(H,19,21). The minimum Gasteiger partial charge on any atom is -0.325 e. The zero-order chi connectivity index (χ0) is 14.5. The Labute approximate surface area is 123 Å². The lowest BCUT2D eigenvalue weighted by atomic mass is 10.2. The van der Waals surface area contributed by atoms with Crippen LogP contribution in [0, 0.1) is 0 Å². The first-order valence-electron chi connectivity index (χ1n) is 7.29. The monoisotopic (exact) mass is 285 g/mol. The molecule has 0 unspecified atom stereocenters. The number of rotatable bonds is 5. The highest BCUT2D eigenvalue weighted by atomic mass is 16.1. The van der Waals surface area contributed by atoms with E-state index in [0.29, 0.717) is 12.6 Å². The molecule has 1 heterocycles. The Bertz CT molecular complexity index is 590. The fourth-order valence-electron chi connectivity index (χ4n) is 2.65. The largest absolute Gasteiger partial charge is 0.325 e. The Morgan fingerprint density at radius 3 is 2.76 bits per heavy atom. The van der Waals surface area contributed by atoms with E-state index in [1.165, 1.54) is 25.7 Å². The van der Waals surface area contributed by atoms with Crippen molar-refractivity contribution in [2.45, 2.75) is 31.7 Å². The highest BCUT2D eigenvalue weighted by molar-refractivity contribution is 5.92. The molecule has 0 spiro atoms. The summed E-state index contributed by atoms with van der Waals surface area (Å²) >= 11 is 0. The summed E-state index contributed by atoms with van der Waals surface area (Å²) in [5.74, 6) is -0.0113. The number of carbonyl (C=O) groups excluding carboxylic acids is 1. The molecule has 2 aromatic rings. The van der Waals surface area contributed by atoms with Gasteiger partial charge in [0.15, 0.2) is 0 Å². The van der Waals surface area contributed by atoms with Crippen LogP contribution in [0.1, 0.15) is 25.7 Å². The average Bonchev–Trinajstić information content (AvgIpc) is 3.19. The predicted molar refractivity (Wildman–Crippen MR) is 80.2 cm³/mol. The number of benzene rings is 1. The fourth-order valence-corrected chi connectivity index (χ4v) is 2.65. The summed E-state index contributed by atoms with van der Waals surface area (Å²) in [6, 6.07) is 8.11. The van der Waals surface area contributed by atoms with E-state index in [-0.39, 0.29) is 5.91 Å². The van der Waals surface area contributed by atoms with Crippen LogP contribution in [0.25, 0.3) is 5.69 Å². The third-order valence-electron chi connectivity index (χ3n) is 3.75. The molecule has 6 nitrogen and oxygen atoms in total. The Morgan fingerprint density at radius 2 is 2.00 bits per heavy atom. The summed E-state index contributed by atoms with van der Waals surface area (Å²) in [4.78, 5) is 12.0. The van der Waals surface area contributed by atoms with Gasteiger partial charge in [0.2, 0.25) is 5.91 Å². The maximum atomic E-state index is 12.0. The van der Waals surface area contributed by atoms with Crippen LogP contribution in [0.5, 0.6) is 0 Å². The molecule has 6 heteroatoms. The SMILES string of the molecule is O=C(CNC1CCCC1)Nc1cccc(-n2cnnc2)c1. The second-order valence-electron chi connectivity index (χ2n) is 5.33. The van der Waals surface area contributed by atoms with E-state index in [1.807, 2.05) is 24.3 Å². The molecular weight excluding hydrogens is 266 g/mol. The van der Waals surface area contributed by atoms with Gasteiger partial charge in [-0.15, -0.1) is 10.2 Å². The number of nitrogens with zero attached hydrogens (tertiary/aromatic N) is 3. The van der Waals surface area contributed by atoms with Crippen LogP contribution in [0.3, 0.4) is 0 Å². The molecule has 1 aromatic carbocycles. The Hall–Kier alpha value is -2.21. The Morgan fingerprint density at radius 1 is 1.24 bits per heavy atom. The molecule has 3 rings (SSSR count). The van der Waals surface area contributed by atoms with Gasteiger partial charge in [-0.25, -0.2) is 0 Å². The van der Waals surface area contributed by atoms with Gasteiger partial charge in [-0.05, 0) is 31.0 Å². The highest BCUT2D eigenvalue weighted by Crippen LogP contribution is 2.17. The van der Waals surface area contributed by atoms with Gasteiger partial charge in [-0.2, -0.15) is 0 Å². The molecule has 0 saturated heterocycles. The topological polar surface area (TPSA) is 71.8 Å². The zero-order valence-corrected chi connectivity index (χ0v) is 11.8. The van der Waals surface area contributed by atoms with Gasteiger partial charge in [-0.1, -0.05) is 18.9 Å². The van der Waals surface area contributed by atoms with Gasteiger partial charge in [0, 0.05) is 11.7 Å². The minimum absolute atomic E-state index is 0.0113. The van der Waals surface area contributed by atoms with E-state index < -0.39 is 0 Å². The van der Waals surface area contributed by atoms with Gasteiger partial charge < -0.3 is 10.6 Å². The molecule has 110 valence electrons. The molecule has 0 bridgehead atoms. The van der Waals surface area contributed by atoms with Crippen LogP contribution in [-0.2, 0) is 4.79 Å². The third kappa shape index (κ3) is 3.66. The Kier molecular flexibility index (Phi) is 4.25. The van der Waals surface area contributed by atoms with Gasteiger partial charge in [0.25, 0.3) is 0 Å². The maximum Gasteiger partial charge on any atom is 0.238 e. The lowest BCUT2D eigenvalue weighted by molar-refractivity contribution is -0.115. The molecule has 0 atom stereocenters. The smallest absolute Gasteiger partial charge is 0.238 e. The number of carbonyl (C=O) groups is 1. The maximum absolute atomic E-state index is 12.0. The van der Waals surface area contributed by atoms with Crippen molar-refractivity contribution in [3.8, 4) is 5.69 Å². The van der Waals surface area contributed by atoms with Crippen LogP contribution < -0.4 is 10.6 Å². The number of hydrogen-bond donors (Lipinski definition) is 2. The summed E-state index contributed by atoms with van der Waals surface area (Å²) < 4.78 is 1.80. The van der Waals surface area contributed by atoms with Crippen LogP contribution in [0.4, 0.5) is 5.69 Å². The molecule has 0 radical (unpaired) electrons. The van der Waals surface area contributed by atoms with E-state index in [0.717, 1.165) is 11.4 Å². The second-order valence-corrected chi connectivity index (χ2v) is 5.33. The Balaban J connectivity index is 1.56. The molecule has 1 fully saturated rings. The van der Waals surface area contributed by atoms with Gasteiger partial charge in [0.05, 0.1) is 12.2 Å². The van der Waals surface area contributed by atoms with Crippen molar-refractivity contribution in [3.63, 3.8) is 0 Å². The number of anilines is 1. The molecule has 1 aliphatic rings. The van der Waals surface area contributed by atoms with Crippen molar-refractivity contribution in [2.24, 2.45) is 0 Å². The molecule has 21 heavy (non-hydrogen) atoms. The van der Waals surface area contributed by atoms with Gasteiger partial charge in [0.1, 0.15) is 12.7 Å². The van der Waals surface area contributed by atoms with Crippen molar-refractivity contribution in [2.75, 3.05) is 11.9 Å². The number of hydrogen-bond acceptors (Lipinski definition) is 4. The minimum atomic E-state index is -0.0113. The molecule has 1 aromatic heterocycles. The van der Waals surface area contributed by atoms with Crippen molar-refractivity contribution in [3.05, 3.63) is 36.9 Å². The quantitative estimate of drug-likeness (QED) is 0.877. The summed E-state index contributed by atoms with van der Waals surface area (Å²) in [6.45, 7) is 0.363. The molecule has 1 amide bonds. The highest BCUT2D eigenvalue weighted by Gasteiger charge is 2.15. The summed E-state index contributed by atoms with van der Waals surface area (Å²) in [5, 5.41) is 13.8.